The summed E-state index contributed by atoms with van der Waals surface area (Å²) in [6.07, 6.45) is 3.19. The van der Waals surface area contributed by atoms with Crippen molar-refractivity contribution >= 4 is 22.9 Å². The zero-order valence-electron chi connectivity index (χ0n) is 7.75. The second-order valence-electron chi connectivity index (χ2n) is 3.04. The molecule has 1 heterocycles. The molecule has 13 heavy (non-hydrogen) atoms. The van der Waals surface area contributed by atoms with Crippen LogP contribution >= 0.6 is 22.9 Å². The molecule has 0 fully saturated rings. The van der Waals surface area contributed by atoms with E-state index in [9.17, 15) is 4.79 Å². The maximum atomic E-state index is 11.3. The van der Waals surface area contributed by atoms with Crippen LogP contribution in [0, 0.1) is 6.92 Å². The lowest BCUT2D eigenvalue weighted by atomic mass is 10.2. The summed E-state index contributed by atoms with van der Waals surface area (Å²) in [5.74, 6) is 0.720. The van der Waals surface area contributed by atoms with Crippen LogP contribution < -0.4 is 4.87 Å². The van der Waals surface area contributed by atoms with Crippen LogP contribution in [0.15, 0.2) is 10.2 Å². The average molecular weight is 220 g/mol. The van der Waals surface area contributed by atoms with Crippen molar-refractivity contribution < 1.29 is 0 Å². The van der Waals surface area contributed by atoms with E-state index in [4.69, 9.17) is 11.6 Å². The van der Waals surface area contributed by atoms with E-state index >= 15 is 0 Å². The molecule has 0 aliphatic rings. The molecule has 0 aliphatic carbocycles. The molecule has 74 valence electrons. The Bertz CT molecular complexity index is 305. The lowest BCUT2D eigenvalue weighted by Crippen LogP contribution is -2.14. The van der Waals surface area contributed by atoms with E-state index in [1.165, 1.54) is 11.3 Å². The Balaban J connectivity index is 2.40. The van der Waals surface area contributed by atoms with E-state index in [0.29, 0.717) is 0 Å². The molecular weight excluding hydrogens is 206 g/mol. The predicted molar refractivity (Wildman–Crippen MR) is 57.9 cm³/mol. The summed E-state index contributed by atoms with van der Waals surface area (Å²) < 4.78 is 1.83. The number of aryl methyl sites for hydroxylation is 1. The van der Waals surface area contributed by atoms with Crippen LogP contribution in [0.25, 0.3) is 0 Å². The molecule has 0 aliphatic heterocycles. The van der Waals surface area contributed by atoms with Crippen LogP contribution in [0.4, 0.5) is 0 Å². The van der Waals surface area contributed by atoms with Gasteiger partial charge in [0.25, 0.3) is 0 Å². The second-order valence-corrected chi connectivity index (χ2v) is 4.24. The molecule has 0 N–H and O–H groups in total. The molecule has 0 unspecified atom stereocenters. The van der Waals surface area contributed by atoms with Gasteiger partial charge in [-0.15, -0.1) is 11.6 Å². The van der Waals surface area contributed by atoms with Crippen LogP contribution in [-0.4, -0.2) is 10.4 Å². The Labute approximate surface area is 87.2 Å². The van der Waals surface area contributed by atoms with Gasteiger partial charge in [0, 0.05) is 23.5 Å². The van der Waals surface area contributed by atoms with Gasteiger partial charge in [0.15, 0.2) is 0 Å². The number of hydrogen-bond acceptors (Lipinski definition) is 2. The first-order valence-electron chi connectivity index (χ1n) is 4.46. The van der Waals surface area contributed by atoms with Gasteiger partial charge >= 0.3 is 4.87 Å². The van der Waals surface area contributed by atoms with Gasteiger partial charge in [-0.1, -0.05) is 17.8 Å². The van der Waals surface area contributed by atoms with E-state index in [0.717, 1.165) is 37.4 Å². The predicted octanol–water partition coefficient (Wildman–Crippen LogP) is 2.63. The van der Waals surface area contributed by atoms with Crippen LogP contribution in [0.2, 0.25) is 0 Å². The maximum Gasteiger partial charge on any atom is 0.307 e. The lowest BCUT2D eigenvalue weighted by Gasteiger charge is -2.02. The Morgan fingerprint density at radius 3 is 2.77 bits per heavy atom. The summed E-state index contributed by atoms with van der Waals surface area (Å²) in [7, 11) is 0. The molecule has 0 amide bonds. The third-order valence-corrected chi connectivity index (χ3v) is 3.14. The van der Waals surface area contributed by atoms with Crippen LogP contribution in [0.3, 0.4) is 0 Å². The molecule has 0 saturated heterocycles. The van der Waals surface area contributed by atoms with Gasteiger partial charge in [-0.2, -0.15) is 0 Å². The van der Waals surface area contributed by atoms with Crippen molar-refractivity contribution in [3.05, 3.63) is 20.7 Å². The fourth-order valence-corrected chi connectivity index (χ4v) is 2.17. The van der Waals surface area contributed by atoms with Gasteiger partial charge in [-0.3, -0.25) is 4.79 Å². The summed E-state index contributed by atoms with van der Waals surface area (Å²) in [5.41, 5.74) is 1.07. The van der Waals surface area contributed by atoms with Crippen molar-refractivity contribution in [2.75, 3.05) is 5.88 Å². The van der Waals surface area contributed by atoms with Crippen LogP contribution in [0.1, 0.15) is 25.0 Å². The van der Waals surface area contributed by atoms with Gasteiger partial charge in [0.05, 0.1) is 0 Å². The zero-order valence-corrected chi connectivity index (χ0v) is 9.33. The van der Waals surface area contributed by atoms with Crippen molar-refractivity contribution in [3.8, 4) is 0 Å². The van der Waals surface area contributed by atoms with Crippen molar-refractivity contribution in [3.63, 3.8) is 0 Å². The van der Waals surface area contributed by atoms with Crippen molar-refractivity contribution in [2.24, 2.45) is 0 Å². The zero-order chi connectivity index (χ0) is 9.68. The molecule has 1 aromatic heterocycles. The fraction of sp³-hybridized carbons (Fsp3) is 0.667. The Morgan fingerprint density at radius 1 is 1.46 bits per heavy atom. The SMILES string of the molecule is Cc1csc(=O)n1CCCCCCl. The molecule has 0 saturated carbocycles. The van der Waals surface area contributed by atoms with Gasteiger partial charge in [-0.25, -0.2) is 0 Å². The number of halogens is 1. The van der Waals surface area contributed by atoms with Crippen LogP contribution in [0.5, 0.6) is 0 Å². The average Bonchev–Trinajstić information content (AvgIpc) is 2.42. The molecule has 0 bridgehead atoms. The molecule has 2 nitrogen and oxygen atoms in total. The van der Waals surface area contributed by atoms with Crippen LogP contribution in [-0.2, 0) is 6.54 Å². The third-order valence-electron chi connectivity index (χ3n) is 1.99. The van der Waals surface area contributed by atoms with Crippen molar-refractivity contribution in [1.82, 2.24) is 4.57 Å². The van der Waals surface area contributed by atoms with E-state index in [2.05, 4.69) is 0 Å². The second kappa shape index (κ2) is 5.45. The van der Waals surface area contributed by atoms with E-state index in [1.54, 1.807) is 0 Å². The number of unbranched alkanes of at least 4 members (excludes halogenated alkanes) is 2. The van der Waals surface area contributed by atoms with E-state index < -0.39 is 0 Å². The first kappa shape index (κ1) is 10.8. The quantitative estimate of drug-likeness (QED) is 0.551. The Morgan fingerprint density at radius 2 is 2.23 bits per heavy atom. The highest BCUT2D eigenvalue weighted by molar-refractivity contribution is 7.07. The molecule has 0 atom stereocenters. The number of hydrogen-bond donors (Lipinski definition) is 0. The monoisotopic (exact) mass is 219 g/mol. The summed E-state index contributed by atoms with van der Waals surface area (Å²) >= 11 is 6.83. The molecule has 4 heteroatoms. The summed E-state index contributed by atoms with van der Waals surface area (Å²) in [6.45, 7) is 2.81. The number of thiazole rings is 1. The highest BCUT2D eigenvalue weighted by Crippen LogP contribution is 2.04. The van der Waals surface area contributed by atoms with E-state index in [-0.39, 0.29) is 4.87 Å². The molecule has 0 spiro atoms. The highest BCUT2D eigenvalue weighted by Gasteiger charge is 2.00. The lowest BCUT2D eigenvalue weighted by molar-refractivity contribution is 0.587. The number of aromatic nitrogens is 1. The topological polar surface area (TPSA) is 22.0 Å². The first-order valence-corrected chi connectivity index (χ1v) is 5.88. The number of alkyl halides is 1. The van der Waals surface area contributed by atoms with Gasteiger partial charge < -0.3 is 4.57 Å². The van der Waals surface area contributed by atoms with Crippen molar-refractivity contribution in [2.45, 2.75) is 32.7 Å². The van der Waals surface area contributed by atoms with Crippen molar-refractivity contribution in [1.29, 1.82) is 0 Å². The molecule has 1 aromatic rings. The number of nitrogens with zero attached hydrogens (tertiary/aromatic N) is 1. The largest absolute Gasteiger partial charge is 0.307 e. The van der Waals surface area contributed by atoms with E-state index in [1.807, 2.05) is 16.9 Å². The summed E-state index contributed by atoms with van der Waals surface area (Å²) in [5, 5.41) is 1.91. The molecule has 1 rings (SSSR count). The highest BCUT2D eigenvalue weighted by atomic mass is 35.5. The van der Waals surface area contributed by atoms with Gasteiger partial charge in [0.2, 0.25) is 0 Å². The standard InChI is InChI=1S/C9H14ClNOS/c1-8-7-13-9(12)11(8)6-4-2-3-5-10/h7H,2-6H2,1H3. The minimum absolute atomic E-state index is 0.156. The Hall–Kier alpha value is -0.280. The first-order chi connectivity index (χ1) is 6.25. The summed E-state index contributed by atoms with van der Waals surface area (Å²) in [4.78, 5) is 11.4. The molecule has 0 radical (unpaired) electrons. The minimum atomic E-state index is 0.156. The third kappa shape index (κ3) is 3.16. The molecular formula is C9H14ClNOS. The molecule has 0 aromatic carbocycles. The minimum Gasteiger partial charge on any atom is -0.303 e. The number of rotatable bonds is 5. The summed E-state index contributed by atoms with van der Waals surface area (Å²) in [6, 6.07) is 0. The Kier molecular flexibility index (Phi) is 4.53. The maximum absolute atomic E-state index is 11.3. The normalized spacial score (nSPS) is 10.6. The fourth-order valence-electron chi connectivity index (χ4n) is 1.22. The smallest absolute Gasteiger partial charge is 0.303 e. The van der Waals surface area contributed by atoms with Gasteiger partial charge in [-0.05, 0) is 19.8 Å². The van der Waals surface area contributed by atoms with Gasteiger partial charge in [0.1, 0.15) is 0 Å².